The van der Waals surface area contributed by atoms with E-state index in [1.807, 2.05) is 60.7 Å². The minimum Gasteiger partial charge on any atom is -0.481 e. The summed E-state index contributed by atoms with van der Waals surface area (Å²) in [6.07, 6.45) is 0.785. The maximum Gasteiger partial charge on any atom is 0.306 e. The lowest BCUT2D eigenvalue weighted by Crippen LogP contribution is -2.46. The number of carboxylic acids is 2. The molecule has 2 N–H and O–H groups in total. The standard InChI is InChI=1S/C21H24O4/c1-15(19(22)23)21(16(2)20(24)25,13-17-9-5-3-6-10-17)14-18-11-7-4-8-12-18/h3-12,15-16H,13-14H2,1-2H3,(H,22,23)(H,24,25). The summed E-state index contributed by atoms with van der Waals surface area (Å²) in [6, 6.07) is 19.0. The number of benzene rings is 2. The molecule has 2 unspecified atom stereocenters. The molecule has 132 valence electrons. The van der Waals surface area contributed by atoms with Gasteiger partial charge in [0.2, 0.25) is 0 Å². The number of carboxylic acid groups (broad SMARTS) is 2. The van der Waals surface area contributed by atoms with Gasteiger partial charge < -0.3 is 10.2 Å². The van der Waals surface area contributed by atoms with Gasteiger partial charge in [0, 0.05) is 5.41 Å². The molecule has 0 saturated heterocycles. The predicted octanol–water partition coefficient (Wildman–Crippen LogP) is 3.90. The van der Waals surface area contributed by atoms with Gasteiger partial charge >= 0.3 is 11.9 Å². The van der Waals surface area contributed by atoms with Crippen molar-refractivity contribution in [3.8, 4) is 0 Å². The summed E-state index contributed by atoms with van der Waals surface area (Å²) in [5.74, 6) is -3.56. The molecule has 2 aromatic carbocycles. The molecular weight excluding hydrogens is 316 g/mol. The lowest BCUT2D eigenvalue weighted by Gasteiger charge is -2.41. The second-order valence-corrected chi connectivity index (χ2v) is 6.68. The average Bonchev–Trinajstić information content (AvgIpc) is 2.61. The largest absolute Gasteiger partial charge is 0.481 e. The van der Waals surface area contributed by atoms with Crippen LogP contribution in [0.3, 0.4) is 0 Å². The van der Waals surface area contributed by atoms with Gasteiger partial charge in [-0.25, -0.2) is 0 Å². The van der Waals surface area contributed by atoms with Gasteiger partial charge in [0.15, 0.2) is 0 Å². The van der Waals surface area contributed by atoms with Crippen LogP contribution in [0.1, 0.15) is 25.0 Å². The normalized spacial score (nSPS) is 13.8. The van der Waals surface area contributed by atoms with Crippen LogP contribution in [0.25, 0.3) is 0 Å². The Kier molecular flexibility index (Phi) is 5.97. The number of rotatable bonds is 8. The Bertz CT molecular complexity index is 646. The Balaban J connectivity index is 2.55. The molecule has 0 heterocycles. The van der Waals surface area contributed by atoms with E-state index in [-0.39, 0.29) is 0 Å². The van der Waals surface area contributed by atoms with Gasteiger partial charge in [-0.15, -0.1) is 0 Å². The van der Waals surface area contributed by atoms with Gasteiger partial charge in [-0.05, 0) is 24.0 Å². The SMILES string of the molecule is CC(C(=O)O)C(Cc1ccccc1)(Cc1ccccc1)C(C)C(=O)O. The van der Waals surface area contributed by atoms with Gasteiger partial charge in [0.1, 0.15) is 0 Å². The zero-order valence-corrected chi connectivity index (χ0v) is 14.6. The van der Waals surface area contributed by atoms with E-state index in [1.54, 1.807) is 13.8 Å². The summed E-state index contributed by atoms with van der Waals surface area (Å²) in [5.41, 5.74) is 0.958. The fraction of sp³-hybridized carbons (Fsp3) is 0.333. The molecule has 0 fully saturated rings. The fourth-order valence-corrected chi connectivity index (χ4v) is 3.49. The molecule has 0 saturated carbocycles. The minimum absolute atomic E-state index is 0.393. The van der Waals surface area contributed by atoms with Crippen LogP contribution in [0.5, 0.6) is 0 Å². The first-order valence-electron chi connectivity index (χ1n) is 8.40. The van der Waals surface area contributed by atoms with Crippen LogP contribution in [0.2, 0.25) is 0 Å². The van der Waals surface area contributed by atoms with Gasteiger partial charge in [-0.3, -0.25) is 9.59 Å². The van der Waals surface area contributed by atoms with Crippen molar-refractivity contribution in [2.45, 2.75) is 26.7 Å². The maximum atomic E-state index is 11.9. The topological polar surface area (TPSA) is 74.6 Å². The van der Waals surface area contributed by atoms with Crippen LogP contribution in [-0.4, -0.2) is 22.2 Å². The molecule has 0 aromatic heterocycles. The number of carbonyl (C=O) groups is 2. The molecule has 2 aromatic rings. The number of hydrogen-bond acceptors (Lipinski definition) is 2. The summed E-state index contributed by atoms with van der Waals surface area (Å²) >= 11 is 0. The number of hydrogen-bond donors (Lipinski definition) is 2. The molecule has 4 nitrogen and oxygen atoms in total. The van der Waals surface area contributed by atoms with E-state index in [9.17, 15) is 19.8 Å². The van der Waals surface area contributed by atoms with E-state index in [2.05, 4.69) is 0 Å². The van der Waals surface area contributed by atoms with Crippen molar-refractivity contribution in [2.75, 3.05) is 0 Å². The summed E-state index contributed by atoms with van der Waals surface area (Å²) in [6.45, 7) is 3.24. The Morgan fingerprint density at radius 3 is 1.36 bits per heavy atom. The van der Waals surface area contributed by atoms with Crippen molar-refractivity contribution in [1.29, 1.82) is 0 Å². The second kappa shape index (κ2) is 7.97. The third kappa shape index (κ3) is 4.27. The summed E-state index contributed by atoms with van der Waals surface area (Å²) < 4.78 is 0. The first kappa shape index (κ1) is 18.7. The van der Waals surface area contributed by atoms with Gasteiger partial charge in [-0.2, -0.15) is 0 Å². The van der Waals surface area contributed by atoms with Gasteiger partial charge in [-0.1, -0.05) is 74.5 Å². The molecule has 0 aliphatic heterocycles. The molecule has 0 aliphatic carbocycles. The van der Waals surface area contributed by atoms with Gasteiger partial charge in [0.25, 0.3) is 0 Å². The fourth-order valence-electron chi connectivity index (χ4n) is 3.49. The molecule has 2 rings (SSSR count). The van der Waals surface area contributed by atoms with E-state index >= 15 is 0 Å². The zero-order chi connectivity index (χ0) is 18.4. The highest BCUT2D eigenvalue weighted by molar-refractivity contribution is 5.75. The quantitative estimate of drug-likeness (QED) is 0.764. The number of aliphatic carboxylic acids is 2. The highest BCUT2D eigenvalue weighted by Gasteiger charge is 2.47. The minimum atomic E-state index is -0.972. The maximum absolute atomic E-state index is 11.9. The zero-order valence-electron chi connectivity index (χ0n) is 14.6. The highest BCUT2D eigenvalue weighted by Crippen LogP contribution is 2.43. The summed E-state index contributed by atoms with van der Waals surface area (Å²) in [5, 5.41) is 19.4. The first-order valence-corrected chi connectivity index (χ1v) is 8.40. The molecule has 0 spiro atoms. The molecule has 2 atom stereocenters. The molecule has 0 bridgehead atoms. The molecule has 0 amide bonds. The Labute approximate surface area is 148 Å². The second-order valence-electron chi connectivity index (χ2n) is 6.68. The Morgan fingerprint density at radius 2 is 1.08 bits per heavy atom. The summed E-state index contributed by atoms with van der Waals surface area (Å²) in [4.78, 5) is 23.7. The van der Waals surface area contributed by atoms with Crippen LogP contribution in [0, 0.1) is 17.3 Å². The van der Waals surface area contributed by atoms with Crippen LogP contribution >= 0.6 is 0 Å². The molecule has 4 heteroatoms. The van der Waals surface area contributed by atoms with Crippen LogP contribution < -0.4 is 0 Å². The van der Waals surface area contributed by atoms with Crippen molar-refractivity contribution < 1.29 is 19.8 Å². The lowest BCUT2D eigenvalue weighted by molar-refractivity contribution is -0.155. The first-order chi connectivity index (χ1) is 11.9. The van der Waals surface area contributed by atoms with E-state index in [0.29, 0.717) is 12.8 Å². The van der Waals surface area contributed by atoms with E-state index in [0.717, 1.165) is 11.1 Å². The van der Waals surface area contributed by atoms with Crippen LogP contribution in [0.4, 0.5) is 0 Å². The van der Waals surface area contributed by atoms with Crippen molar-refractivity contribution >= 4 is 11.9 Å². The Morgan fingerprint density at radius 1 is 0.760 bits per heavy atom. The van der Waals surface area contributed by atoms with Crippen molar-refractivity contribution in [2.24, 2.45) is 17.3 Å². The smallest absolute Gasteiger partial charge is 0.306 e. The predicted molar refractivity (Wildman–Crippen MR) is 96.3 cm³/mol. The van der Waals surface area contributed by atoms with Crippen molar-refractivity contribution in [1.82, 2.24) is 0 Å². The van der Waals surface area contributed by atoms with E-state index < -0.39 is 29.2 Å². The highest BCUT2D eigenvalue weighted by atomic mass is 16.4. The van der Waals surface area contributed by atoms with Crippen LogP contribution in [0.15, 0.2) is 60.7 Å². The van der Waals surface area contributed by atoms with Crippen molar-refractivity contribution in [3.05, 3.63) is 71.8 Å². The Hall–Kier alpha value is -2.62. The van der Waals surface area contributed by atoms with Gasteiger partial charge in [0.05, 0.1) is 11.8 Å². The van der Waals surface area contributed by atoms with Crippen LogP contribution in [-0.2, 0) is 22.4 Å². The lowest BCUT2D eigenvalue weighted by atomic mass is 9.61. The monoisotopic (exact) mass is 340 g/mol. The third-order valence-corrected chi connectivity index (χ3v) is 5.22. The van der Waals surface area contributed by atoms with E-state index in [4.69, 9.17) is 0 Å². The molecule has 25 heavy (non-hydrogen) atoms. The molecule has 0 aliphatic rings. The molecular formula is C21H24O4. The average molecular weight is 340 g/mol. The van der Waals surface area contributed by atoms with E-state index in [1.165, 1.54) is 0 Å². The summed E-state index contributed by atoms with van der Waals surface area (Å²) in [7, 11) is 0. The van der Waals surface area contributed by atoms with Crippen molar-refractivity contribution in [3.63, 3.8) is 0 Å². The molecule has 0 radical (unpaired) electrons. The third-order valence-electron chi connectivity index (χ3n) is 5.22.